The first-order chi connectivity index (χ1) is 12.5. The van der Waals surface area contributed by atoms with Crippen molar-refractivity contribution in [3.63, 3.8) is 0 Å². The van der Waals surface area contributed by atoms with Gasteiger partial charge in [-0.3, -0.25) is 0 Å². The molecular weight excluding hydrogens is 474 g/mol. The summed E-state index contributed by atoms with van der Waals surface area (Å²) in [5.41, 5.74) is 0.194. The monoisotopic (exact) mass is 499 g/mol. The Balaban J connectivity index is 0.00000261. The van der Waals surface area contributed by atoms with Crippen molar-refractivity contribution in [2.75, 3.05) is 32.8 Å². The summed E-state index contributed by atoms with van der Waals surface area (Å²) < 4.78 is 49.2. The highest BCUT2D eigenvalue weighted by atomic mass is 127. The number of nitrogens with zero attached hydrogens (tertiary/aromatic N) is 2. The van der Waals surface area contributed by atoms with Gasteiger partial charge in [0.1, 0.15) is 11.6 Å². The van der Waals surface area contributed by atoms with Gasteiger partial charge in [0.25, 0.3) is 0 Å². The standard InChI is InChI=1S/C18H24F3N3O2.HI/c1-2-22-17(24-8-6-18(11-24)7-9-25-12-18)23-10-13-14(19)4-3-5-15(13)26-16(20)21;/h3-5,16H,2,6-12H2,1H3,(H,22,23);1H. The van der Waals surface area contributed by atoms with E-state index in [-0.39, 0.29) is 47.2 Å². The molecule has 1 spiro atoms. The van der Waals surface area contributed by atoms with Crippen LogP contribution in [0.15, 0.2) is 23.2 Å². The van der Waals surface area contributed by atoms with Crippen molar-refractivity contribution >= 4 is 29.9 Å². The minimum absolute atomic E-state index is 0. The van der Waals surface area contributed by atoms with E-state index in [0.29, 0.717) is 12.5 Å². The van der Waals surface area contributed by atoms with Crippen LogP contribution < -0.4 is 10.1 Å². The third kappa shape index (κ3) is 5.40. The second-order valence-corrected chi connectivity index (χ2v) is 6.74. The second-order valence-electron chi connectivity index (χ2n) is 6.74. The lowest BCUT2D eigenvalue weighted by Gasteiger charge is -2.25. The Labute approximate surface area is 174 Å². The van der Waals surface area contributed by atoms with E-state index in [1.165, 1.54) is 18.2 Å². The summed E-state index contributed by atoms with van der Waals surface area (Å²) in [6.07, 6.45) is 2.06. The van der Waals surface area contributed by atoms with Crippen LogP contribution in [0.25, 0.3) is 0 Å². The van der Waals surface area contributed by atoms with Crippen LogP contribution in [0.4, 0.5) is 13.2 Å². The number of aliphatic imine (C=N–C) groups is 1. The van der Waals surface area contributed by atoms with Crippen molar-refractivity contribution in [2.45, 2.75) is 32.9 Å². The molecule has 9 heteroatoms. The highest BCUT2D eigenvalue weighted by Gasteiger charge is 2.42. The Hall–Kier alpha value is -1.23. The number of likely N-dealkylation sites (tertiary alicyclic amines) is 1. The SMILES string of the molecule is CCNC(=NCc1c(F)cccc1OC(F)F)N1CCC2(CCOC2)C1.I. The third-order valence-electron chi connectivity index (χ3n) is 4.94. The number of alkyl halides is 2. The zero-order valence-electron chi connectivity index (χ0n) is 15.2. The van der Waals surface area contributed by atoms with Crippen LogP contribution in [0.2, 0.25) is 0 Å². The topological polar surface area (TPSA) is 46.1 Å². The van der Waals surface area contributed by atoms with Crippen LogP contribution in [-0.2, 0) is 11.3 Å². The molecule has 3 rings (SSSR count). The van der Waals surface area contributed by atoms with Gasteiger partial charge >= 0.3 is 6.61 Å². The number of ether oxygens (including phenoxy) is 2. The van der Waals surface area contributed by atoms with Gasteiger partial charge in [0.15, 0.2) is 5.96 Å². The molecule has 1 unspecified atom stereocenters. The molecule has 2 heterocycles. The molecular formula is C18H25F3IN3O2. The Morgan fingerprint density at radius 3 is 2.89 bits per heavy atom. The van der Waals surface area contributed by atoms with Crippen LogP contribution in [0.5, 0.6) is 5.75 Å². The summed E-state index contributed by atoms with van der Waals surface area (Å²) in [7, 11) is 0. The van der Waals surface area contributed by atoms with Gasteiger partial charge in [-0.25, -0.2) is 9.38 Å². The first-order valence-electron chi connectivity index (χ1n) is 8.86. The van der Waals surface area contributed by atoms with Crippen LogP contribution in [0.3, 0.4) is 0 Å². The molecule has 1 N–H and O–H groups in total. The quantitative estimate of drug-likeness (QED) is 0.382. The van der Waals surface area contributed by atoms with Gasteiger partial charge in [0.2, 0.25) is 0 Å². The highest BCUT2D eigenvalue weighted by molar-refractivity contribution is 14.0. The fourth-order valence-corrected chi connectivity index (χ4v) is 3.57. The Bertz CT molecular complexity index is 655. The van der Waals surface area contributed by atoms with Gasteiger partial charge in [0.05, 0.1) is 18.7 Å². The van der Waals surface area contributed by atoms with Crippen LogP contribution in [0.1, 0.15) is 25.3 Å². The average molecular weight is 499 g/mol. The molecule has 0 aromatic heterocycles. The number of hydrogen-bond donors (Lipinski definition) is 1. The summed E-state index contributed by atoms with van der Waals surface area (Å²) >= 11 is 0. The van der Waals surface area contributed by atoms with Gasteiger partial charge in [-0.15, -0.1) is 24.0 Å². The van der Waals surface area contributed by atoms with Crippen LogP contribution >= 0.6 is 24.0 Å². The van der Waals surface area contributed by atoms with E-state index in [0.717, 1.165) is 39.1 Å². The van der Waals surface area contributed by atoms with E-state index < -0.39 is 12.4 Å². The van der Waals surface area contributed by atoms with E-state index in [2.05, 4.69) is 19.9 Å². The van der Waals surface area contributed by atoms with Gasteiger partial charge in [-0.1, -0.05) is 6.07 Å². The molecule has 5 nitrogen and oxygen atoms in total. The minimum atomic E-state index is -3.01. The summed E-state index contributed by atoms with van der Waals surface area (Å²) in [5, 5.41) is 3.20. The number of hydrogen-bond acceptors (Lipinski definition) is 3. The Morgan fingerprint density at radius 2 is 2.22 bits per heavy atom. The number of nitrogens with one attached hydrogen (secondary N) is 1. The van der Waals surface area contributed by atoms with E-state index >= 15 is 0 Å². The minimum Gasteiger partial charge on any atom is -0.434 e. The van der Waals surface area contributed by atoms with E-state index in [1.54, 1.807) is 0 Å². The summed E-state index contributed by atoms with van der Waals surface area (Å²) in [6.45, 7) is 2.74. The molecule has 0 saturated carbocycles. The highest BCUT2D eigenvalue weighted by Crippen LogP contribution is 2.38. The molecule has 27 heavy (non-hydrogen) atoms. The van der Waals surface area contributed by atoms with E-state index in [4.69, 9.17) is 4.74 Å². The fourth-order valence-electron chi connectivity index (χ4n) is 3.57. The Kier molecular flexibility index (Phi) is 8.02. The molecule has 0 aliphatic carbocycles. The van der Waals surface area contributed by atoms with Crippen molar-refractivity contribution in [2.24, 2.45) is 10.4 Å². The normalized spacial score (nSPS) is 22.4. The summed E-state index contributed by atoms with van der Waals surface area (Å²) in [6, 6.07) is 3.89. The molecule has 1 aromatic rings. The molecule has 0 amide bonds. The van der Waals surface area contributed by atoms with Gasteiger partial charge in [-0.05, 0) is 31.9 Å². The van der Waals surface area contributed by atoms with E-state index in [1.807, 2.05) is 6.92 Å². The predicted molar refractivity (Wildman–Crippen MR) is 107 cm³/mol. The lowest BCUT2D eigenvalue weighted by atomic mass is 9.87. The molecule has 0 bridgehead atoms. The number of halogens is 4. The van der Waals surface area contributed by atoms with Crippen LogP contribution in [-0.4, -0.2) is 50.3 Å². The molecule has 1 aromatic carbocycles. The lowest BCUT2D eigenvalue weighted by Crippen LogP contribution is -2.41. The maximum atomic E-state index is 14.1. The van der Waals surface area contributed by atoms with Crippen molar-refractivity contribution in [3.8, 4) is 5.75 Å². The van der Waals surface area contributed by atoms with Crippen molar-refractivity contribution in [3.05, 3.63) is 29.6 Å². The molecule has 2 saturated heterocycles. The summed E-state index contributed by atoms with van der Waals surface area (Å²) in [4.78, 5) is 6.61. The number of guanidine groups is 1. The molecule has 2 aliphatic rings. The molecule has 1 atom stereocenters. The number of rotatable bonds is 5. The maximum absolute atomic E-state index is 14.1. The first kappa shape index (κ1) is 22.1. The molecule has 2 aliphatic heterocycles. The molecule has 2 fully saturated rings. The fraction of sp³-hybridized carbons (Fsp3) is 0.611. The molecule has 0 radical (unpaired) electrons. The predicted octanol–water partition coefficient (Wildman–Crippen LogP) is 3.62. The largest absolute Gasteiger partial charge is 0.434 e. The average Bonchev–Trinajstić information content (AvgIpc) is 3.23. The second kappa shape index (κ2) is 9.81. The lowest BCUT2D eigenvalue weighted by molar-refractivity contribution is -0.0506. The first-order valence-corrected chi connectivity index (χ1v) is 8.86. The summed E-state index contributed by atoms with van der Waals surface area (Å²) in [5.74, 6) is -0.131. The van der Waals surface area contributed by atoms with Gasteiger partial charge in [0, 0.05) is 31.7 Å². The van der Waals surface area contributed by atoms with Crippen molar-refractivity contribution in [1.29, 1.82) is 0 Å². The van der Waals surface area contributed by atoms with E-state index in [9.17, 15) is 13.2 Å². The maximum Gasteiger partial charge on any atom is 0.387 e. The zero-order valence-corrected chi connectivity index (χ0v) is 17.5. The number of benzene rings is 1. The van der Waals surface area contributed by atoms with Crippen LogP contribution in [0, 0.1) is 11.2 Å². The van der Waals surface area contributed by atoms with Crippen molar-refractivity contribution in [1.82, 2.24) is 10.2 Å². The third-order valence-corrected chi connectivity index (χ3v) is 4.94. The molecule has 152 valence electrons. The zero-order chi connectivity index (χ0) is 18.6. The van der Waals surface area contributed by atoms with Gasteiger partial charge in [-0.2, -0.15) is 8.78 Å². The Morgan fingerprint density at radius 1 is 1.41 bits per heavy atom. The smallest absolute Gasteiger partial charge is 0.387 e. The van der Waals surface area contributed by atoms with Gasteiger partial charge < -0.3 is 19.7 Å². The van der Waals surface area contributed by atoms with Crippen molar-refractivity contribution < 1.29 is 22.6 Å².